The monoisotopic (exact) mass is 352 g/mol. The maximum absolute atomic E-state index is 6.01. The fourth-order valence-corrected chi connectivity index (χ4v) is 2.67. The van der Waals surface area contributed by atoms with Crippen LogP contribution in [0.5, 0.6) is 0 Å². The second-order valence-corrected chi connectivity index (χ2v) is 6.08. The zero-order valence-electron chi connectivity index (χ0n) is 11.3. The molecule has 2 aromatic carbocycles. The zero-order valence-corrected chi connectivity index (χ0v) is 13.7. The van der Waals surface area contributed by atoms with Crippen LogP contribution in [-0.2, 0) is 0 Å². The minimum Gasteiger partial charge on any atom is -0.380 e. The van der Waals surface area contributed by atoms with Gasteiger partial charge in [0.15, 0.2) is 0 Å². The third-order valence-corrected chi connectivity index (χ3v) is 4.67. The molecule has 0 spiro atoms. The quantitative estimate of drug-likeness (QED) is 0.821. The van der Waals surface area contributed by atoms with Crippen LogP contribution in [0, 0.1) is 0 Å². The first-order valence-corrected chi connectivity index (χ1v) is 7.75. The molecule has 4 heteroatoms. The largest absolute Gasteiger partial charge is 0.380 e. The van der Waals surface area contributed by atoms with E-state index < -0.39 is 0 Å². The van der Waals surface area contributed by atoms with Crippen LogP contribution in [0.15, 0.2) is 53.0 Å². The van der Waals surface area contributed by atoms with Crippen LogP contribution in [0.3, 0.4) is 0 Å². The van der Waals surface area contributed by atoms with Crippen LogP contribution in [0.1, 0.15) is 18.4 Å². The molecule has 0 fully saturated rings. The van der Waals surface area contributed by atoms with Crippen LogP contribution >= 0.6 is 27.5 Å². The number of rotatable bonds is 5. The summed E-state index contributed by atoms with van der Waals surface area (Å²) >= 11 is 9.45. The minimum atomic E-state index is 0.172. The van der Waals surface area contributed by atoms with Gasteiger partial charge in [-0.2, -0.15) is 0 Å². The highest BCUT2D eigenvalue weighted by Crippen LogP contribution is 2.27. The lowest BCUT2D eigenvalue weighted by Crippen LogP contribution is -2.33. The topological polar surface area (TPSA) is 38.0 Å². The summed E-state index contributed by atoms with van der Waals surface area (Å²) in [4.78, 5) is 0. The molecule has 0 radical (unpaired) electrons. The lowest BCUT2D eigenvalue weighted by atomic mass is 9.93. The number of hydrogen-bond donors (Lipinski definition) is 2. The van der Waals surface area contributed by atoms with Gasteiger partial charge in [-0.05, 0) is 39.7 Å². The Morgan fingerprint density at radius 3 is 2.50 bits per heavy atom. The van der Waals surface area contributed by atoms with E-state index in [1.807, 2.05) is 24.3 Å². The Bertz CT molecular complexity index is 560. The smallest absolute Gasteiger partial charge is 0.0549 e. The number of benzene rings is 2. The molecule has 2 atom stereocenters. The van der Waals surface area contributed by atoms with E-state index in [1.54, 1.807) is 0 Å². The van der Waals surface area contributed by atoms with Crippen molar-refractivity contribution in [1.29, 1.82) is 0 Å². The lowest BCUT2D eigenvalue weighted by molar-refractivity contribution is 0.611. The molecule has 0 aromatic heterocycles. The van der Waals surface area contributed by atoms with Gasteiger partial charge in [-0.25, -0.2) is 0 Å². The molecule has 106 valence electrons. The van der Waals surface area contributed by atoms with Crippen LogP contribution < -0.4 is 11.1 Å². The number of hydrogen-bond acceptors (Lipinski definition) is 2. The molecule has 2 aromatic rings. The SMILES string of the molecule is CC(c1ccccc1)C(CN)Nc1ccc(Cl)c(Br)c1. The molecule has 0 saturated carbocycles. The summed E-state index contributed by atoms with van der Waals surface area (Å²) in [6.07, 6.45) is 0. The van der Waals surface area contributed by atoms with Crippen molar-refractivity contribution in [2.75, 3.05) is 11.9 Å². The van der Waals surface area contributed by atoms with Crippen LogP contribution in [0.4, 0.5) is 5.69 Å². The molecule has 2 unspecified atom stereocenters. The van der Waals surface area contributed by atoms with Gasteiger partial charge in [0, 0.05) is 28.7 Å². The standard InChI is InChI=1S/C16H18BrClN2/c1-11(12-5-3-2-4-6-12)16(10-19)20-13-7-8-15(18)14(17)9-13/h2-9,11,16,20H,10,19H2,1H3. The van der Waals surface area contributed by atoms with Gasteiger partial charge in [0.2, 0.25) is 0 Å². The van der Waals surface area contributed by atoms with Crippen LogP contribution in [-0.4, -0.2) is 12.6 Å². The highest BCUT2D eigenvalue weighted by Gasteiger charge is 2.17. The van der Waals surface area contributed by atoms with Crippen LogP contribution in [0.25, 0.3) is 0 Å². The van der Waals surface area contributed by atoms with Gasteiger partial charge >= 0.3 is 0 Å². The van der Waals surface area contributed by atoms with Gasteiger partial charge in [0.25, 0.3) is 0 Å². The Hall–Kier alpha value is -1.03. The fourth-order valence-electron chi connectivity index (χ4n) is 2.18. The molecule has 0 amide bonds. The first-order valence-electron chi connectivity index (χ1n) is 6.58. The van der Waals surface area contributed by atoms with Crippen molar-refractivity contribution in [2.45, 2.75) is 18.9 Å². The van der Waals surface area contributed by atoms with Crippen molar-refractivity contribution in [3.63, 3.8) is 0 Å². The molecular formula is C16H18BrClN2. The summed E-state index contributed by atoms with van der Waals surface area (Å²) in [7, 11) is 0. The summed E-state index contributed by atoms with van der Waals surface area (Å²) in [5.74, 6) is 0.329. The summed E-state index contributed by atoms with van der Waals surface area (Å²) in [5.41, 5.74) is 8.22. The van der Waals surface area contributed by atoms with E-state index in [-0.39, 0.29) is 6.04 Å². The molecule has 0 aliphatic carbocycles. The number of nitrogens with two attached hydrogens (primary N) is 1. The Labute approximate surface area is 133 Å². The predicted octanol–water partition coefficient (Wildman–Crippen LogP) is 4.65. The van der Waals surface area contributed by atoms with Gasteiger partial charge in [-0.15, -0.1) is 0 Å². The van der Waals surface area contributed by atoms with Crippen molar-refractivity contribution < 1.29 is 0 Å². The van der Waals surface area contributed by atoms with Crippen molar-refractivity contribution >= 4 is 33.2 Å². The highest BCUT2D eigenvalue weighted by molar-refractivity contribution is 9.10. The Balaban J connectivity index is 2.14. The minimum absolute atomic E-state index is 0.172. The van der Waals surface area contributed by atoms with Crippen molar-refractivity contribution in [1.82, 2.24) is 0 Å². The van der Waals surface area contributed by atoms with E-state index in [1.165, 1.54) is 5.56 Å². The summed E-state index contributed by atoms with van der Waals surface area (Å²) in [5, 5.41) is 4.19. The molecule has 2 rings (SSSR count). The summed E-state index contributed by atoms with van der Waals surface area (Å²) < 4.78 is 0.882. The number of halogens is 2. The average Bonchev–Trinajstić information content (AvgIpc) is 2.48. The van der Waals surface area contributed by atoms with Gasteiger partial charge in [0.05, 0.1) is 5.02 Å². The molecule has 20 heavy (non-hydrogen) atoms. The zero-order chi connectivity index (χ0) is 14.5. The van der Waals surface area contributed by atoms with Crippen molar-refractivity contribution in [3.05, 3.63) is 63.6 Å². The molecule has 0 saturated heterocycles. The maximum atomic E-state index is 6.01. The van der Waals surface area contributed by atoms with Gasteiger partial charge in [0.1, 0.15) is 0 Å². The van der Waals surface area contributed by atoms with E-state index in [4.69, 9.17) is 17.3 Å². The third-order valence-electron chi connectivity index (χ3n) is 3.45. The molecule has 0 aliphatic heterocycles. The summed E-state index contributed by atoms with van der Waals surface area (Å²) in [6, 6.07) is 16.4. The molecule has 2 nitrogen and oxygen atoms in total. The third kappa shape index (κ3) is 3.75. The average molecular weight is 354 g/mol. The van der Waals surface area contributed by atoms with E-state index in [9.17, 15) is 0 Å². The van der Waals surface area contributed by atoms with E-state index >= 15 is 0 Å². The molecule has 0 bridgehead atoms. The van der Waals surface area contributed by atoms with Crippen molar-refractivity contribution in [3.8, 4) is 0 Å². The van der Waals surface area contributed by atoms with E-state index in [0.717, 1.165) is 10.2 Å². The second kappa shape index (κ2) is 7.11. The number of anilines is 1. The van der Waals surface area contributed by atoms with Gasteiger partial charge in [-0.1, -0.05) is 48.9 Å². The number of nitrogens with one attached hydrogen (secondary N) is 1. The Morgan fingerprint density at radius 2 is 1.90 bits per heavy atom. The molecule has 3 N–H and O–H groups in total. The maximum Gasteiger partial charge on any atom is 0.0549 e. The Kier molecular flexibility index (Phi) is 5.46. The molecule has 0 heterocycles. The fraction of sp³-hybridized carbons (Fsp3) is 0.250. The van der Waals surface area contributed by atoms with Gasteiger partial charge in [-0.3, -0.25) is 0 Å². The Morgan fingerprint density at radius 1 is 1.20 bits per heavy atom. The van der Waals surface area contributed by atoms with Crippen molar-refractivity contribution in [2.24, 2.45) is 5.73 Å². The normalized spacial score (nSPS) is 13.8. The van der Waals surface area contributed by atoms with E-state index in [0.29, 0.717) is 17.5 Å². The second-order valence-electron chi connectivity index (χ2n) is 4.81. The van der Waals surface area contributed by atoms with Gasteiger partial charge < -0.3 is 11.1 Å². The summed E-state index contributed by atoms with van der Waals surface area (Å²) in [6.45, 7) is 2.75. The molecular weight excluding hydrogens is 336 g/mol. The molecule has 0 aliphatic rings. The van der Waals surface area contributed by atoms with E-state index in [2.05, 4.69) is 52.4 Å². The lowest BCUT2D eigenvalue weighted by Gasteiger charge is -2.25. The first kappa shape index (κ1) is 15.4. The first-order chi connectivity index (χ1) is 9.61. The predicted molar refractivity (Wildman–Crippen MR) is 90.5 cm³/mol. The highest BCUT2D eigenvalue weighted by atomic mass is 79.9. The van der Waals surface area contributed by atoms with Crippen LogP contribution in [0.2, 0.25) is 5.02 Å².